The highest BCUT2D eigenvalue weighted by Gasteiger charge is 2.51. The number of hydrogen-bond donors (Lipinski definition) is 1. The van der Waals surface area contributed by atoms with E-state index < -0.39 is 17.4 Å². The second-order valence-electron chi connectivity index (χ2n) is 4.36. The smallest absolute Gasteiger partial charge is 0.277 e. The highest BCUT2D eigenvalue weighted by Crippen LogP contribution is 2.32. The van der Waals surface area contributed by atoms with Crippen LogP contribution in [0.1, 0.15) is 46.5 Å². The van der Waals surface area contributed by atoms with Gasteiger partial charge in [-0.2, -0.15) is 0 Å². The number of nitrogens with zero attached hydrogens (tertiary/aromatic N) is 1. The van der Waals surface area contributed by atoms with E-state index in [0.29, 0.717) is 19.4 Å². The lowest BCUT2D eigenvalue weighted by Crippen LogP contribution is -2.63. The van der Waals surface area contributed by atoms with Crippen LogP contribution in [-0.2, 0) is 9.59 Å². The fourth-order valence-electron chi connectivity index (χ4n) is 2.12. The van der Waals surface area contributed by atoms with Gasteiger partial charge in [-0.1, -0.05) is 27.2 Å². The Balaban J connectivity index is 2.98. The molecule has 1 N–H and O–H groups in total. The Bertz CT molecular complexity index is 335. The third kappa shape index (κ3) is 2.18. The second kappa shape index (κ2) is 5.29. The Morgan fingerprint density at radius 1 is 1.12 bits per heavy atom. The van der Waals surface area contributed by atoms with Crippen molar-refractivity contribution in [1.82, 2.24) is 10.2 Å². The van der Waals surface area contributed by atoms with Gasteiger partial charge in [0, 0.05) is 6.54 Å². The topological polar surface area (TPSA) is 66.5 Å². The molecule has 0 aromatic carbocycles. The van der Waals surface area contributed by atoms with E-state index in [1.165, 1.54) is 4.90 Å². The Labute approximate surface area is 102 Å². The van der Waals surface area contributed by atoms with E-state index in [1.807, 2.05) is 6.92 Å². The van der Waals surface area contributed by atoms with Crippen LogP contribution in [0.4, 0.5) is 4.79 Å². The van der Waals surface area contributed by atoms with Crippen LogP contribution < -0.4 is 5.32 Å². The monoisotopic (exact) mass is 240 g/mol. The first kappa shape index (κ1) is 13.7. The molecule has 1 aliphatic heterocycles. The maximum absolute atomic E-state index is 12.3. The third-order valence-corrected chi connectivity index (χ3v) is 3.50. The van der Waals surface area contributed by atoms with Crippen molar-refractivity contribution in [3.63, 3.8) is 0 Å². The van der Waals surface area contributed by atoms with Gasteiger partial charge < -0.3 is 0 Å². The molecule has 0 unspecified atom stereocenters. The first-order chi connectivity index (χ1) is 8.03. The van der Waals surface area contributed by atoms with Crippen LogP contribution in [0, 0.1) is 5.41 Å². The Hall–Kier alpha value is -1.39. The number of carbonyl (C=O) groups excluding carboxylic acids is 3. The van der Waals surface area contributed by atoms with Crippen molar-refractivity contribution in [2.45, 2.75) is 46.5 Å². The van der Waals surface area contributed by atoms with Crippen molar-refractivity contribution in [3.05, 3.63) is 0 Å². The van der Waals surface area contributed by atoms with Gasteiger partial charge in [0.15, 0.2) is 0 Å². The molecule has 96 valence electrons. The van der Waals surface area contributed by atoms with E-state index in [-0.39, 0.29) is 5.91 Å². The summed E-state index contributed by atoms with van der Waals surface area (Å²) in [5.74, 6) is -0.796. The van der Waals surface area contributed by atoms with Gasteiger partial charge in [-0.05, 0) is 19.3 Å². The van der Waals surface area contributed by atoms with E-state index in [1.54, 1.807) is 13.8 Å². The first-order valence-corrected chi connectivity index (χ1v) is 6.20. The zero-order valence-corrected chi connectivity index (χ0v) is 10.7. The van der Waals surface area contributed by atoms with Crippen molar-refractivity contribution in [3.8, 4) is 0 Å². The molecular formula is C12H20N2O3. The summed E-state index contributed by atoms with van der Waals surface area (Å²) >= 11 is 0. The molecule has 1 saturated heterocycles. The number of unbranched alkanes of at least 4 members (excludes halogenated alkanes) is 1. The van der Waals surface area contributed by atoms with Gasteiger partial charge in [-0.3, -0.25) is 19.8 Å². The summed E-state index contributed by atoms with van der Waals surface area (Å²) in [6, 6.07) is -0.578. The SMILES string of the molecule is CCCCN1C(=O)NC(=O)C(CC)(CC)C1=O. The standard InChI is InChI=1S/C12H20N2O3/c1-4-7-8-14-10(16)12(5-2,6-3)9(15)13-11(14)17/h4-8H2,1-3H3,(H,13,15,17). The van der Waals surface area contributed by atoms with Crippen LogP contribution >= 0.6 is 0 Å². The average Bonchev–Trinajstić information content (AvgIpc) is 2.30. The van der Waals surface area contributed by atoms with Crippen molar-refractivity contribution in [2.24, 2.45) is 5.41 Å². The Morgan fingerprint density at radius 2 is 1.71 bits per heavy atom. The summed E-state index contributed by atoms with van der Waals surface area (Å²) in [5.41, 5.74) is -1.05. The quantitative estimate of drug-likeness (QED) is 0.743. The van der Waals surface area contributed by atoms with Gasteiger partial charge >= 0.3 is 6.03 Å². The van der Waals surface area contributed by atoms with Gasteiger partial charge in [-0.25, -0.2) is 4.79 Å². The number of urea groups is 1. The van der Waals surface area contributed by atoms with Crippen LogP contribution in [0.25, 0.3) is 0 Å². The number of amides is 4. The molecule has 4 amide bonds. The van der Waals surface area contributed by atoms with Gasteiger partial charge in [0.1, 0.15) is 5.41 Å². The lowest BCUT2D eigenvalue weighted by atomic mass is 9.78. The molecule has 1 aliphatic rings. The molecule has 1 fully saturated rings. The van der Waals surface area contributed by atoms with Gasteiger partial charge in [0.25, 0.3) is 0 Å². The lowest BCUT2D eigenvalue weighted by molar-refractivity contribution is -0.152. The molecule has 1 heterocycles. The fraction of sp³-hybridized carbons (Fsp3) is 0.750. The van der Waals surface area contributed by atoms with E-state index in [9.17, 15) is 14.4 Å². The zero-order chi connectivity index (χ0) is 13.1. The highest BCUT2D eigenvalue weighted by molar-refractivity contribution is 6.19. The molecule has 0 radical (unpaired) electrons. The Kier molecular flexibility index (Phi) is 4.26. The van der Waals surface area contributed by atoms with E-state index in [0.717, 1.165) is 12.8 Å². The maximum atomic E-state index is 12.3. The summed E-state index contributed by atoms with van der Waals surface area (Å²) in [7, 11) is 0. The molecule has 1 rings (SSSR count). The summed E-state index contributed by atoms with van der Waals surface area (Å²) in [4.78, 5) is 36.9. The predicted molar refractivity (Wildman–Crippen MR) is 63.2 cm³/mol. The van der Waals surface area contributed by atoms with Crippen molar-refractivity contribution < 1.29 is 14.4 Å². The first-order valence-electron chi connectivity index (χ1n) is 6.20. The predicted octanol–water partition coefficient (Wildman–Crippen LogP) is 1.67. The molecule has 0 saturated carbocycles. The minimum atomic E-state index is -1.05. The molecule has 0 aliphatic carbocycles. The minimum absolute atomic E-state index is 0.343. The van der Waals surface area contributed by atoms with Crippen LogP contribution in [0.15, 0.2) is 0 Å². The molecule has 0 aromatic rings. The normalized spacial score (nSPS) is 19.5. The lowest BCUT2D eigenvalue weighted by Gasteiger charge is -2.38. The van der Waals surface area contributed by atoms with Crippen LogP contribution in [0.2, 0.25) is 0 Å². The van der Waals surface area contributed by atoms with Crippen LogP contribution in [-0.4, -0.2) is 29.3 Å². The molecule has 17 heavy (non-hydrogen) atoms. The van der Waals surface area contributed by atoms with Crippen molar-refractivity contribution >= 4 is 17.8 Å². The molecule has 0 bridgehead atoms. The number of carbonyl (C=O) groups is 3. The maximum Gasteiger partial charge on any atom is 0.330 e. The third-order valence-electron chi connectivity index (χ3n) is 3.50. The number of barbiturate groups is 1. The number of rotatable bonds is 5. The van der Waals surface area contributed by atoms with Crippen molar-refractivity contribution in [1.29, 1.82) is 0 Å². The zero-order valence-electron chi connectivity index (χ0n) is 10.7. The molecular weight excluding hydrogens is 220 g/mol. The summed E-state index contributed by atoms with van der Waals surface area (Å²) < 4.78 is 0. The highest BCUT2D eigenvalue weighted by atomic mass is 16.2. The van der Waals surface area contributed by atoms with E-state index in [4.69, 9.17) is 0 Å². The van der Waals surface area contributed by atoms with E-state index >= 15 is 0 Å². The number of nitrogens with one attached hydrogen (secondary N) is 1. The number of imide groups is 2. The number of hydrogen-bond acceptors (Lipinski definition) is 3. The van der Waals surface area contributed by atoms with Crippen LogP contribution in [0.3, 0.4) is 0 Å². The van der Waals surface area contributed by atoms with Crippen molar-refractivity contribution in [2.75, 3.05) is 6.54 Å². The molecule has 5 nitrogen and oxygen atoms in total. The molecule has 0 aromatic heterocycles. The largest absolute Gasteiger partial charge is 0.330 e. The molecule has 0 spiro atoms. The van der Waals surface area contributed by atoms with Gasteiger partial charge in [0.2, 0.25) is 11.8 Å². The van der Waals surface area contributed by atoms with Crippen LogP contribution in [0.5, 0.6) is 0 Å². The second-order valence-corrected chi connectivity index (χ2v) is 4.36. The Morgan fingerprint density at radius 3 is 2.18 bits per heavy atom. The summed E-state index contributed by atoms with van der Waals surface area (Å²) in [5, 5.41) is 2.29. The fourth-order valence-corrected chi connectivity index (χ4v) is 2.12. The van der Waals surface area contributed by atoms with Gasteiger partial charge in [-0.15, -0.1) is 0 Å². The van der Waals surface area contributed by atoms with E-state index in [2.05, 4.69) is 5.32 Å². The molecule has 5 heteroatoms. The summed E-state index contributed by atoms with van der Waals surface area (Å²) in [6.45, 7) is 5.98. The minimum Gasteiger partial charge on any atom is -0.277 e. The van der Waals surface area contributed by atoms with Gasteiger partial charge in [0.05, 0.1) is 0 Å². The molecule has 0 atom stereocenters. The average molecular weight is 240 g/mol. The summed E-state index contributed by atoms with van der Waals surface area (Å²) in [6.07, 6.45) is 2.50.